The monoisotopic (exact) mass is 506 g/mol. The Labute approximate surface area is 210 Å². The minimum atomic E-state index is 0.359. The predicted octanol–water partition coefficient (Wildman–Crippen LogP) is 8.28. The van der Waals surface area contributed by atoms with Crippen LogP contribution in [0.3, 0.4) is 0 Å². The SMILES string of the molecule is CCCc1c(Cc2cc(CC#N)c(CCC)c(C#N)c2CC(C)C)ccc(CC(C)C)c1Br. The van der Waals surface area contributed by atoms with E-state index in [1.807, 2.05) is 0 Å². The number of hydrogen-bond acceptors (Lipinski definition) is 2. The molecule has 0 unspecified atom stereocenters. The molecule has 0 fully saturated rings. The van der Waals surface area contributed by atoms with E-state index in [1.165, 1.54) is 32.3 Å². The van der Waals surface area contributed by atoms with Gasteiger partial charge in [0.1, 0.15) is 0 Å². The fraction of sp³-hybridized carbons (Fsp3) is 0.533. The van der Waals surface area contributed by atoms with Crippen LogP contribution >= 0.6 is 15.9 Å². The molecule has 2 aromatic carbocycles. The summed E-state index contributed by atoms with van der Waals surface area (Å²) in [5.41, 5.74) is 9.44. The van der Waals surface area contributed by atoms with Gasteiger partial charge in [-0.3, -0.25) is 0 Å². The minimum absolute atomic E-state index is 0.359. The van der Waals surface area contributed by atoms with Gasteiger partial charge in [-0.2, -0.15) is 10.5 Å². The van der Waals surface area contributed by atoms with E-state index in [-0.39, 0.29) is 0 Å². The molecule has 0 atom stereocenters. The van der Waals surface area contributed by atoms with Crippen LogP contribution in [0.5, 0.6) is 0 Å². The molecule has 0 spiro atoms. The highest BCUT2D eigenvalue weighted by atomic mass is 79.9. The molecule has 3 heteroatoms. The van der Waals surface area contributed by atoms with E-state index in [9.17, 15) is 10.5 Å². The first-order valence-electron chi connectivity index (χ1n) is 12.5. The second kappa shape index (κ2) is 13.0. The lowest BCUT2D eigenvalue weighted by Crippen LogP contribution is -2.11. The van der Waals surface area contributed by atoms with Crippen LogP contribution in [0.1, 0.15) is 98.9 Å². The van der Waals surface area contributed by atoms with Gasteiger partial charge in [0.15, 0.2) is 0 Å². The van der Waals surface area contributed by atoms with Gasteiger partial charge in [-0.15, -0.1) is 0 Å². The van der Waals surface area contributed by atoms with Gasteiger partial charge >= 0.3 is 0 Å². The van der Waals surface area contributed by atoms with Crippen molar-refractivity contribution in [1.29, 1.82) is 10.5 Å². The third-order valence-corrected chi connectivity index (χ3v) is 7.14. The summed E-state index contributed by atoms with van der Waals surface area (Å²) in [5, 5.41) is 19.7. The van der Waals surface area contributed by atoms with Gasteiger partial charge in [-0.1, -0.05) is 88.5 Å². The summed E-state index contributed by atoms with van der Waals surface area (Å²) in [6, 6.07) is 11.7. The molecule has 0 heterocycles. The van der Waals surface area contributed by atoms with Gasteiger partial charge in [-0.05, 0) is 82.9 Å². The van der Waals surface area contributed by atoms with Crippen molar-refractivity contribution in [2.45, 2.75) is 92.9 Å². The number of nitriles is 2. The molecule has 0 aromatic heterocycles. The van der Waals surface area contributed by atoms with E-state index < -0.39 is 0 Å². The van der Waals surface area contributed by atoms with Crippen molar-refractivity contribution in [3.05, 3.63) is 67.2 Å². The normalized spacial score (nSPS) is 11.1. The Bertz CT molecular complexity index is 1030. The predicted molar refractivity (Wildman–Crippen MR) is 142 cm³/mol. The quantitative estimate of drug-likeness (QED) is 0.307. The number of benzene rings is 2. The smallest absolute Gasteiger partial charge is 0.0997 e. The Kier molecular flexibility index (Phi) is 10.7. The zero-order valence-corrected chi connectivity index (χ0v) is 22.9. The van der Waals surface area contributed by atoms with E-state index in [4.69, 9.17) is 0 Å². The highest BCUT2D eigenvalue weighted by molar-refractivity contribution is 9.10. The van der Waals surface area contributed by atoms with Gasteiger partial charge in [0.05, 0.1) is 24.1 Å². The molecule has 0 aliphatic carbocycles. The molecule has 2 aromatic rings. The second-order valence-corrected chi connectivity index (χ2v) is 10.8. The first-order valence-corrected chi connectivity index (χ1v) is 13.3. The molecule has 0 radical (unpaired) electrons. The molecule has 176 valence electrons. The van der Waals surface area contributed by atoms with Crippen molar-refractivity contribution in [1.82, 2.24) is 0 Å². The molecule has 0 amide bonds. The van der Waals surface area contributed by atoms with Crippen LogP contribution in [-0.2, 0) is 38.5 Å². The molecule has 0 N–H and O–H groups in total. The lowest BCUT2D eigenvalue weighted by molar-refractivity contribution is 0.640. The average Bonchev–Trinajstić information content (AvgIpc) is 2.75. The van der Waals surface area contributed by atoms with Gasteiger partial charge in [0.2, 0.25) is 0 Å². The van der Waals surface area contributed by atoms with Crippen LogP contribution in [0.4, 0.5) is 0 Å². The van der Waals surface area contributed by atoms with Crippen molar-refractivity contribution >= 4 is 15.9 Å². The summed E-state index contributed by atoms with van der Waals surface area (Å²) in [6.45, 7) is 13.3. The molecule has 0 bridgehead atoms. The highest BCUT2D eigenvalue weighted by Gasteiger charge is 2.20. The summed E-state index contributed by atoms with van der Waals surface area (Å²) in [7, 11) is 0. The zero-order valence-electron chi connectivity index (χ0n) is 21.3. The Morgan fingerprint density at radius 2 is 1.39 bits per heavy atom. The third kappa shape index (κ3) is 6.94. The summed E-state index contributed by atoms with van der Waals surface area (Å²) in [5.74, 6) is 1.07. The number of halogens is 1. The maximum atomic E-state index is 10.2. The lowest BCUT2D eigenvalue weighted by Gasteiger charge is -2.22. The molecule has 0 saturated carbocycles. The molecule has 33 heavy (non-hydrogen) atoms. The summed E-state index contributed by atoms with van der Waals surface area (Å²) in [6.07, 6.45) is 7.05. The van der Waals surface area contributed by atoms with E-state index in [1.54, 1.807) is 0 Å². The van der Waals surface area contributed by atoms with Crippen LogP contribution < -0.4 is 0 Å². The van der Waals surface area contributed by atoms with Gasteiger partial charge < -0.3 is 0 Å². The van der Waals surface area contributed by atoms with Crippen molar-refractivity contribution in [3.63, 3.8) is 0 Å². The standard InChI is InChI=1S/C30H39BrN2/c1-7-9-26-23(13-14-32)18-25(28(16-21(5)6)29(26)19-33)17-22-11-12-24(15-20(3)4)30(31)27(22)10-8-2/h11-12,18,20-21H,7-10,13,15-17H2,1-6H3. The first-order chi connectivity index (χ1) is 15.8. The van der Waals surface area contributed by atoms with Gasteiger partial charge in [0, 0.05) is 4.47 Å². The number of hydrogen-bond donors (Lipinski definition) is 0. The van der Waals surface area contributed by atoms with E-state index in [0.29, 0.717) is 18.3 Å². The van der Waals surface area contributed by atoms with Crippen LogP contribution in [0, 0.1) is 34.5 Å². The molecular formula is C30H39BrN2. The summed E-state index contributed by atoms with van der Waals surface area (Å²) >= 11 is 3.94. The molecule has 0 aliphatic heterocycles. The Morgan fingerprint density at radius 1 is 0.788 bits per heavy atom. The molecule has 0 aliphatic rings. The Morgan fingerprint density at radius 3 is 1.94 bits per heavy atom. The van der Waals surface area contributed by atoms with E-state index in [0.717, 1.165) is 61.6 Å². The molecule has 2 rings (SSSR count). The molecular weight excluding hydrogens is 468 g/mol. The van der Waals surface area contributed by atoms with Crippen LogP contribution in [-0.4, -0.2) is 0 Å². The van der Waals surface area contributed by atoms with Crippen LogP contribution in [0.25, 0.3) is 0 Å². The van der Waals surface area contributed by atoms with Gasteiger partial charge in [0.25, 0.3) is 0 Å². The van der Waals surface area contributed by atoms with E-state index >= 15 is 0 Å². The van der Waals surface area contributed by atoms with Crippen molar-refractivity contribution < 1.29 is 0 Å². The summed E-state index contributed by atoms with van der Waals surface area (Å²) < 4.78 is 1.25. The average molecular weight is 508 g/mol. The Hall–Kier alpha value is -2.10. The minimum Gasteiger partial charge on any atom is -0.198 e. The third-order valence-electron chi connectivity index (χ3n) is 6.15. The number of nitrogens with zero attached hydrogens (tertiary/aromatic N) is 2. The highest BCUT2D eigenvalue weighted by Crippen LogP contribution is 2.33. The molecule has 0 saturated heterocycles. The fourth-order valence-corrected chi connectivity index (χ4v) is 5.55. The Balaban J connectivity index is 2.71. The first kappa shape index (κ1) is 27.1. The topological polar surface area (TPSA) is 47.6 Å². The summed E-state index contributed by atoms with van der Waals surface area (Å²) in [4.78, 5) is 0. The van der Waals surface area contributed by atoms with Crippen LogP contribution in [0.15, 0.2) is 22.7 Å². The maximum Gasteiger partial charge on any atom is 0.0997 e. The van der Waals surface area contributed by atoms with Crippen molar-refractivity contribution in [2.24, 2.45) is 11.8 Å². The van der Waals surface area contributed by atoms with Gasteiger partial charge in [-0.25, -0.2) is 0 Å². The number of rotatable bonds is 11. The van der Waals surface area contributed by atoms with Crippen molar-refractivity contribution in [2.75, 3.05) is 0 Å². The largest absolute Gasteiger partial charge is 0.198 e. The zero-order chi connectivity index (χ0) is 24.5. The maximum absolute atomic E-state index is 10.2. The van der Waals surface area contributed by atoms with Crippen molar-refractivity contribution in [3.8, 4) is 12.1 Å². The molecule has 2 nitrogen and oxygen atoms in total. The van der Waals surface area contributed by atoms with E-state index in [2.05, 4.69) is 87.8 Å². The fourth-order valence-electron chi connectivity index (χ4n) is 4.80. The lowest BCUT2D eigenvalue weighted by atomic mass is 9.82. The second-order valence-electron chi connectivity index (χ2n) is 10.0. The van der Waals surface area contributed by atoms with Crippen LogP contribution in [0.2, 0.25) is 0 Å².